The zero-order chi connectivity index (χ0) is 15.3. The number of halogens is 3. The molecule has 0 aromatic heterocycles. The summed E-state index contributed by atoms with van der Waals surface area (Å²) in [6.45, 7) is 1.77. The fourth-order valence-electron chi connectivity index (χ4n) is 1.85. The first-order valence-electron chi connectivity index (χ1n) is 6.50. The largest absolute Gasteiger partial charge is 0.573 e. The molecule has 1 aromatic rings. The number of guanidine groups is 1. The number of hydrogen-bond donors (Lipinski definition) is 3. The van der Waals surface area contributed by atoms with Gasteiger partial charge in [-0.05, 0) is 24.1 Å². The van der Waals surface area contributed by atoms with Gasteiger partial charge in [-0.2, -0.15) is 0 Å². The summed E-state index contributed by atoms with van der Waals surface area (Å²) in [5, 5.41) is 16.0. The fraction of sp³-hybridized carbons (Fsp3) is 0.462. The second kappa shape index (κ2) is 6.66. The Kier molecular flexibility index (Phi) is 4.89. The molecule has 0 bridgehead atoms. The van der Waals surface area contributed by atoms with E-state index in [4.69, 9.17) is 0 Å². The lowest BCUT2D eigenvalue weighted by atomic mass is 10.1. The number of alkyl halides is 3. The third kappa shape index (κ3) is 5.14. The molecule has 3 N–H and O–H groups in total. The molecular formula is C13H16F3N3O2. The Morgan fingerprint density at radius 3 is 2.62 bits per heavy atom. The minimum absolute atomic E-state index is 0.214. The Labute approximate surface area is 119 Å². The fourth-order valence-corrected chi connectivity index (χ4v) is 1.85. The van der Waals surface area contributed by atoms with Gasteiger partial charge in [0.1, 0.15) is 5.75 Å². The van der Waals surface area contributed by atoms with Gasteiger partial charge in [0, 0.05) is 19.6 Å². The highest BCUT2D eigenvalue weighted by atomic mass is 19.4. The first kappa shape index (κ1) is 15.4. The van der Waals surface area contributed by atoms with Crippen molar-refractivity contribution in [1.29, 1.82) is 0 Å². The highest BCUT2D eigenvalue weighted by Crippen LogP contribution is 2.24. The number of nitrogens with zero attached hydrogens (tertiary/aromatic N) is 1. The molecule has 2 rings (SSSR count). The number of aliphatic hydroxyl groups is 1. The predicted molar refractivity (Wildman–Crippen MR) is 71.0 cm³/mol. The maximum Gasteiger partial charge on any atom is 0.573 e. The zero-order valence-corrected chi connectivity index (χ0v) is 11.2. The summed E-state index contributed by atoms with van der Waals surface area (Å²) >= 11 is 0. The number of ether oxygens (including phenoxy) is 1. The standard InChI is InChI=1S/C13H16F3N3O2/c14-13(15,16)21-10-4-2-9(3-5-10)11(20)8-19-12-17-6-1-7-18-12/h2-5,11,20H,1,6-8H2,(H2,17,18,19). The molecule has 0 aliphatic carbocycles. The molecular weight excluding hydrogens is 287 g/mol. The van der Waals surface area contributed by atoms with Crippen LogP contribution in [-0.4, -0.2) is 37.1 Å². The minimum atomic E-state index is -4.72. The van der Waals surface area contributed by atoms with Gasteiger partial charge in [0.25, 0.3) is 0 Å². The lowest BCUT2D eigenvalue weighted by Crippen LogP contribution is -2.42. The Morgan fingerprint density at radius 2 is 2.05 bits per heavy atom. The molecule has 0 amide bonds. The van der Waals surface area contributed by atoms with Gasteiger partial charge in [0.15, 0.2) is 5.96 Å². The van der Waals surface area contributed by atoms with Crippen LogP contribution >= 0.6 is 0 Å². The average molecular weight is 303 g/mol. The van der Waals surface area contributed by atoms with Crippen molar-refractivity contribution in [2.75, 3.05) is 19.6 Å². The topological polar surface area (TPSA) is 65.9 Å². The lowest BCUT2D eigenvalue weighted by molar-refractivity contribution is -0.274. The highest BCUT2D eigenvalue weighted by molar-refractivity contribution is 5.80. The summed E-state index contributed by atoms with van der Waals surface area (Å²) in [4.78, 5) is 4.19. The lowest BCUT2D eigenvalue weighted by Gasteiger charge is -2.18. The van der Waals surface area contributed by atoms with Gasteiger partial charge in [-0.15, -0.1) is 13.2 Å². The molecule has 0 saturated carbocycles. The summed E-state index contributed by atoms with van der Waals surface area (Å²) in [5.74, 6) is 0.307. The summed E-state index contributed by atoms with van der Waals surface area (Å²) in [6, 6.07) is 5.12. The van der Waals surface area contributed by atoms with Gasteiger partial charge in [-0.3, -0.25) is 4.99 Å². The molecule has 0 spiro atoms. The number of hydrogen-bond acceptors (Lipinski definition) is 5. The van der Waals surface area contributed by atoms with Crippen LogP contribution in [0.4, 0.5) is 13.2 Å². The summed E-state index contributed by atoms with van der Waals surface area (Å²) in [5.41, 5.74) is 0.494. The van der Waals surface area contributed by atoms with Gasteiger partial charge >= 0.3 is 6.36 Å². The molecule has 8 heteroatoms. The van der Waals surface area contributed by atoms with Crippen LogP contribution in [0.1, 0.15) is 18.1 Å². The van der Waals surface area contributed by atoms with Crippen molar-refractivity contribution in [1.82, 2.24) is 10.6 Å². The second-order valence-electron chi connectivity index (χ2n) is 4.52. The third-order valence-corrected chi connectivity index (χ3v) is 2.86. The zero-order valence-electron chi connectivity index (χ0n) is 11.2. The van der Waals surface area contributed by atoms with E-state index in [-0.39, 0.29) is 12.3 Å². The van der Waals surface area contributed by atoms with Crippen LogP contribution in [0.3, 0.4) is 0 Å². The minimum Gasteiger partial charge on any atom is -0.406 e. The van der Waals surface area contributed by atoms with Crippen LogP contribution in [0.5, 0.6) is 5.75 Å². The maximum absolute atomic E-state index is 12.0. The number of aliphatic imine (C=N–C) groups is 1. The smallest absolute Gasteiger partial charge is 0.406 e. The van der Waals surface area contributed by atoms with E-state index in [1.54, 1.807) is 0 Å². The molecule has 21 heavy (non-hydrogen) atoms. The molecule has 1 aromatic carbocycles. The monoisotopic (exact) mass is 303 g/mol. The van der Waals surface area contributed by atoms with Crippen molar-refractivity contribution >= 4 is 5.96 Å². The van der Waals surface area contributed by atoms with Gasteiger partial charge in [0.2, 0.25) is 0 Å². The number of benzene rings is 1. The van der Waals surface area contributed by atoms with Gasteiger partial charge in [-0.25, -0.2) is 0 Å². The number of aliphatic hydroxyl groups excluding tert-OH is 1. The quantitative estimate of drug-likeness (QED) is 0.790. The molecule has 1 aliphatic rings. The molecule has 5 nitrogen and oxygen atoms in total. The van der Waals surface area contributed by atoms with Crippen LogP contribution in [0, 0.1) is 0 Å². The Morgan fingerprint density at radius 1 is 1.33 bits per heavy atom. The van der Waals surface area contributed by atoms with Crippen LogP contribution in [0.2, 0.25) is 0 Å². The van der Waals surface area contributed by atoms with E-state index in [9.17, 15) is 18.3 Å². The van der Waals surface area contributed by atoms with E-state index in [1.165, 1.54) is 24.3 Å². The number of nitrogens with one attached hydrogen (secondary N) is 2. The van der Waals surface area contributed by atoms with E-state index in [0.29, 0.717) is 11.5 Å². The average Bonchev–Trinajstić information content (AvgIpc) is 2.45. The maximum atomic E-state index is 12.0. The van der Waals surface area contributed by atoms with Crippen molar-refractivity contribution < 1.29 is 23.0 Å². The normalized spacial score (nSPS) is 16.7. The van der Waals surface area contributed by atoms with Crippen LogP contribution in [0.15, 0.2) is 29.3 Å². The van der Waals surface area contributed by atoms with Crippen molar-refractivity contribution in [3.8, 4) is 5.75 Å². The Bertz CT molecular complexity index is 488. The molecule has 1 atom stereocenters. The molecule has 0 radical (unpaired) electrons. The second-order valence-corrected chi connectivity index (χ2v) is 4.52. The van der Waals surface area contributed by atoms with E-state index in [2.05, 4.69) is 20.4 Å². The Balaban J connectivity index is 1.87. The highest BCUT2D eigenvalue weighted by Gasteiger charge is 2.31. The summed E-state index contributed by atoms with van der Waals surface area (Å²) in [7, 11) is 0. The molecule has 1 unspecified atom stereocenters. The van der Waals surface area contributed by atoms with Crippen molar-refractivity contribution in [2.45, 2.75) is 18.9 Å². The molecule has 1 heterocycles. The molecule has 1 aliphatic heterocycles. The van der Waals surface area contributed by atoms with Gasteiger partial charge in [-0.1, -0.05) is 12.1 Å². The summed E-state index contributed by atoms with van der Waals surface area (Å²) < 4.78 is 39.8. The molecule has 0 fully saturated rings. The van der Waals surface area contributed by atoms with E-state index in [0.717, 1.165) is 19.5 Å². The van der Waals surface area contributed by atoms with E-state index < -0.39 is 12.5 Å². The first-order chi connectivity index (χ1) is 9.94. The Hall–Kier alpha value is -1.96. The predicted octanol–water partition coefficient (Wildman–Crippen LogP) is 1.56. The van der Waals surface area contributed by atoms with Crippen molar-refractivity contribution in [3.05, 3.63) is 29.8 Å². The number of rotatable bonds is 4. The molecule has 116 valence electrons. The van der Waals surface area contributed by atoms with E-state index >= 15 is 0 Å². The first-order valence-corrected chi connectivity index (χ1v) is 6.50. The van der Waals surface area contributed by atoms with Crippen molar-refractivity contribution in [2.24, 2.45) is 4.99 Å². The SMILES string of the molecule is OC(CNC1=NCCCN1)c1ccc(OC(F)(F)F)cc1. The molecule has 0 saturated heterocycles. The van der Waals surface area contributed by atoms with Gasteiger partial charge in [0.05, 0.1) is 6.10 Å². The summed E-state index contributed by atoms with van der Waals surface area (Å²) in [6.07, 6.45) is -4.60. The van der Waals surface area contributed by atoms with Gasteiger partial charge < -0.3 is 20.5 Å². The van der Waals surface area contributed by atoms with E-state index in [1.807, 2.05) is 0 Å². The van der Waals surface area contributed by atoms with Crippen LogP contribution in [-0.2, 0) is 0 Å². The third-order valence-electron chi connectivity index (χ3n) is 2.86. The van der Waals surface area contributed by atoms with Crippen LogP contribution in [0.25, 0.3) is 0 Å². The van der Waals surface area contributed by atoms with Crippen molar-refractivity contribution in [3.63, 3.8) is 0 Å². The van der Waals surface area contributed by atoms with Crippen LogP contribution < -0.4 is 15.4 Å².